The van der Waals surface area contributed by atoms with Gasteiger partial charge >= 0.3 is 5.97 Å². The average molecular weight is 280 g/mol. The molecule has 1 aliphatic rings. The zero-order chi connectivity index (χ0) is 14.0. The number of carbonyl (C=O) groups is 1. The van der Waals surface area contributed by atoms with Gasteiger partial charge in [0, 0.05) is 11.8 Å². The van der Waals surface area contributed by atoms with Crippen LogP contribution in [0.4, 0.5) is 0 Å². The molecule has 0 aromatic heterocycles. The number of carbonyl (C=O) groups excluding carboxylic acids is 1. The van der Waals surface area contributed by atoms with E-state index < -0.39 is 9.84 Å². The first kappa shape index (κ1) is 13.8. The molecule has 0 fully saturated rings. The van der Waals surface area contributed by atoms with Gasteiger partial charge in [0.15, 0.2) is 9.84 Å². The Bertz CT molecular complexity index is 641. The molecule has 5 heteroatoms. The molecule has 0 atom stereocenters. The summed E-state index contributed by atoms with van der Waals surface area (Å²) in [5.41, 5.74) is 2.18. The molecule has 0 bridgehead atoms. The van der Waals surface area contributed by atoms with Crippen molar-refractivity contribution in [3.05, 3.63) is 34.9 Å². The molecular formula is C14H16O4S. The largest absolute Gasteiger partial charge is 0.466 e. The Morgan fingerprint density at radius 2 is 2.00 bits per heavy atom. The zero-order valence-corrected chi connectivity index (χ0v) is 11.8. The third-order valence-corrected chi connectivity index (χ3v) is 4.40. The van der Waals surface area contributed by atoms with Crippen molar-refractivity contribution < 1.29 is 17.9 Å². The molecule has 0 heterocycles. The van der Waals surface area contributed by atoms with Crippen LogP contribution in [0.15, 0.2) is 28.7 Å². The highest BCUT2D eigenvalue weighted by Crippen LogP contribution is 2.28. The number of fused-ring (bicyclic) bond motifs is 1. The maximum Gasteiger partial charge on any atom is 0.333 e. The molecule has 4 nitrogen and oxygen atoms in total. The highest BCUT2D eigenvalue weighted by Gasteiger charge is 2.20. The summed E-state index contributed by atoms with van der Waals surface area (Å²) in [5.74, 6) is -0.349. The first-order chi connectivity index (χ1) is 8.93. The fourth-order valence-corrected chi connectivity index (χ4v) is 3.33. The van der Waals surface area contributed by atoms with Crippen LogP contribution < -0.4 is 0 Å². The van der Waals surface area contributed by atoms with Crippen LogP contribution in [0.3, 0.4) is 0 Å². The van der Waals surface area contributed by atoms with E-state index in [1.54, 1.807) is 18.2 Å². The summed E-state index contributed by atoms with van der Waals surface area (Å²) in [6.45, 7) is 0. The lowest BCUT2D eigenvalue weighted by Crippen LogP contribution is -2.03. The van der Waals surface area contributed by atoms with Gasteiger partial charge in [0.25, 0.3) is 0 Å². The monoisotopic (exact) mass is 280 g/mol. The molecule has 0 unspecified atom stereocenters. The second-order valence-corrected chi connectivity index (χ2v) is 6.59. The van der Waals surface area contributed by atoms with Gasteiger partial charge in [-0.25, -0.2) is 13.2 Å². The molecule has 1 aromatic rings. The van der Waals surface area contributed by atoms with Crippen LogP contribution in [0.1, 0.15) is 24.0 Å². The van der Waals surface area contributed by atoms with E-state index in [2.05, 4.69) is 0 Å². The quantitative estimate of drug-likeness (QED) is 0.777. The Morgan fingerprint density at radius 1 is 1.26 bits per heavy atom. The number of methoxy groups -OCH3 is 1. The predicted octanol–water partition coefficient (Wildman–Crippen LogP) is 1.98. The molecular weight excluding hydrogens is 264 g/mol. The maximum atomic E-state index is 11.8. The molecule has 2 rings (SSSR count). The third-order valence-electron chi connectivity index (χ3n) is 3.22. The topological polar surface area (TPSA) is 60.4 Å². The summed E-state index contributed by atoms with van der Waals surface area (Å²) < 4.78 is 28.3. The van der Waals surface area contributed by atoms with E-state index in [1.165, 1.54) is 13.4 Å². The minimum Gasteiger partial charge on any atom is -0.466 e. The fourth-order valence-electron chi connectivity index (χ4n) is 2.34. The molecule has 0 spiro atoms. The second-order valence-electron chi connectivity index (χ2n) is 4.61. The van der Waals surface area contributed by atoms with Gasteiger partial charge in [0.1, 0.15) is 0 Å². The number of ether oxygens (including phenoxy) is 1. The summed E-state index contributed by atoms with van der Waals surface area (Å²) in [4.78, 5) is 12.0. The normalized spacial score (nSPS) is 15.2. The second kappa shape index (κ2) is 5.17. The lowest BCUT2D eigenvalue weighted by atomic mass is 10.0. The van der Waals surface area contributed by atoms with Gasteiger partial charge in [-0.1, -0.05) is 12.1 Å². The van der Waals surface area contributed by atoms with Crippen LogP contribution in [0.25, 0.3) is 6.08 Å². The van der Waals surface area contributed by atoms with Crippen molar-refractivity contribution in [1.82, 2.24) is 0 Å². The standard InChI is InChI=1S/C14H16O4S/c1-18-14(15)11-6-3-7-12-10(9-11)5-4-8-13(12)19(2,16)17/h4-5,8-9H,3,6-7H2,1-2H3. The minimum absolute atomic E-state index is 0.349. The molecule has 1 aliphatic carbocycles. The van der Waals surface area contributed by atoms with E-state index in [4.69, 9.17) is 4.74 Å². The van der Waals surface area contributed by atoms with Gasteiger partial charge in [0.05, 0.1) is 12.0 Å². The van der Waals surface area contributed by atoms with Crippen molar-refractivity contribution >= 4 is 21.9 Å². The zero-order valence-electron chi connectivity index (χ0n) is 11.0. The van der Waals surface area contributed by atoms with Crippen LogP contribution in [0.5, 0.6) is 0 Å². The summed E-state index contributed by atoms with van der Waals surface area (Å²) in [6.07, 6.45) is 4.93. The first-order valence-electron chi connectivity index (χ1n) is 6.04. The predicted molar refractivity (Wildman–Crippen MR) is 72.5 cm³/mol. The first-order valence-corrected chi connectivity index (χ1v) is 7.93. The molecule has 0 saturated carbocycles. The average Bonchev–Trinajstić information content (AvgIpc) is 2.58. The van der Waals surface area contributed by atoms with E-state index in [-0.39, 0.29) is 5.97 Å². The van der Waals surface area contributed by atoms with Gasteiger partial charge in [-0.3, -0.25) is 0 Å². The Balaban J connectivity index is 2.58. The number of benzene rings is 1. The van der Waals surface area contributed by atoms with Gasteiger partial charge in [-0.2, -0.15) is 0 Å². The van der Waals surface area contributed by atoms with E-state index in [9.17, 15) is 13.2 Å². The SMILES string of the molecule is COC(=O)C1=Cc2cccc(S(C)(=O)=O)c2CCC1. The summed E-state index contributed by atoms with van der Waals surface area (Å²) in [7, 11) is -1.90. The molecule has 0 saturated heterocycles. The van der Waals surface area contributed by atoms with Crippen molar-refractivity contribution in [3.8, 4) is 0 Å². The lowest BCUT2D eigenvalue weighted by molar-refractivity contribution is -0.136. The van der Waals surface area contributed by atoms with Crippen molar-refractivity contribution in [2.24, 2.45) is 0 Å². The van der Waals surface area contributed by atoms with Gasteiger partial charge in [-0.05, 0) is 42.5 Å². The van der Waals surface area contributed by atoms with Crippen molar-refractivity contribution in [2.45, 2.75) is 24.2 Å². The van der Waals surface area contributed by atoms with E-state index >= 15 is 0 Å². The number of esters is 1. The molecule has 0 aliphatic heterocycles. The van der Waals surface area contributed by atoms with E-state index in [1.807, 2.05) is 6.07 Å². The summed E-state index contributed by atoms with van der Waals surface area (Å²) in [5, 5.41) is 0. The lowest BCUT2D eigenvalue weighted by Gasteiger charge is -2.09. The van der Waals surface area contributed by atoms with E-state index in [0.717, 1.165) is 17.5 Å². The number of sulfone groups is 1. The maximum absolute atomic E-state index is 11.8. The van der Waals surface area contributed by atoms with Crippen LogP contribution in [0.2, 0.25) is 0 Å². The van der Waals surface area contributed by atoms with Crippen molar-refractivity contribution in [2.75, 3.05) is 13.4 Å². The van der Waals surface area contributed by atoms with Crippen LogP contribution >= 0.6 is 0 Å². The van der Waals surface area contributed by atoms with Gasteiger partial charge in [0.2, 0.25) is 0 Å². The van der Waals surface area contributed by atoms with Gasteiger partial charge < -0.3 is 4.74 Å². The highest BCUT2D eigenvalue weighted by molar-refractivity contribution is 7.90. The molecule has 19 heavy (non-hydrogen) atoms. The fraction of sp³-hybridized carbons (Fsp3) is 0.357. The molecule has 0 amide bonds. The van der Waals surface area contributed by atoms with E-state index in [0.29, 0.717) is 23.3 Å². The van der Waals surface area contributed by atoms with Crippen LogP contribution in [-0.2, 0) is 25.8 Å². The number of hydrogen-bond acceptors (Lipinski definition) is 4. The Labute approximate surface area is 113 Å². The Hall–Kier alpha value is -1.62. The Morgan fingerprint density at radius 3 is 2.63 bits per heavy atom. The molecule has 0 N–H and O–H groups in total. The summed E-state index contributed by atoms with van der Waals surface area (Å²) >= 11 is 0. The third kappa shape index (κ3) is 2.87. The van der Waals surface area contributed by atoms with Crippen molar-refractivity contribution in [1.29, 1.82) is 0 Å². The number of rotatable bonds is 2. The minimum atomic E-state index is -3.25. The smallest absolute Gasteiger partial charge is 0.333 e. The summed E-state index contributed by atoms with van der Waals surface area (Å²) in [6, 6.07) is 5.15. The van der Waals surface area contributed by atoms with Crippen molar-refractivity contribution in [3.63, 3.8) is 0 Å². The van der Waals surface area contributed by atoms with Gasteiger partial charge in [-0.15, -0.1) is 0 Å². The molecule has 0 radical (unpaired) electrons. The van der Waals surface area contributed by atoms with Crippen LogP contribution in [0, 0.1) is 0 Å². The highest BCUT2D eigenvalue weighted by atomic mass is 32.2. The molecule has 1 aromatic carbocycles. The van der Waals surface area contributed by atoms with Crippen LogP contribution in [-0.4, -0.2) is 27.8 Å². The Kier molecular flexibility index (Phi) is 3.75. The number of hydrogen-bond donors (Lipinski definition) is 0. The molecule has 102 valence electrons.